The normalized spacial score (nSPS) is 10.4. The molecule has 0 spiro atoms. The predicted octanol–water partition coefficient (Wildman–Crippen LogP) is 5.29. The minimum Gasteiger partial charge on any atom is -0.457 e. The summed E-state index contributed by atoms with van der Waals surface area (Å²) in [6.45, 7) is 4.70. The van der Waals surface area contributed by atoms with Gasteiger partial charge in [-0.3, -0.25) is 0 Å². The zero-order chi connectivity index (χ0) is 19.9. The summed E-state index contributed by atoms with van der Waals surface area (Å²) in [7, 11) is 0. The van der Waals surface area contributed by atoms with Crippen LogP contribution in [-0.2, 0) is 6.54 Å². The van der Waals surface area contributed by atoms with E-state index in [0.717, 1.165) is 39.1 Å². The topological polar surface area (TPSA) is 78.8 Å². The predicted molar refractivity (Wildman–Crippen MR) is 117 cm³/mol. The zero-order valence-electron chi connectivity index (χ0n) is 15.8. The molecule has 144 valence electrons. The Kier molecular flexibility index (Phi) is 6.60. The largest absolute Gasteiger partial charge is 0.457 e. The van der Waals surface area contributed by atoms with Crippen molar-refractivity contribution in [3.05, 3.63) is 60.9 Å². The number of hydrogen-bond acceptors (Lipinski definition) is 5. The Labute approximate surface area is 172 Å². The third-order valence-corrected chi connectivity index (χ3v) is 4.32. The first-order valence-corrected chi connectivity index (χ1v) is 10.2. The Bertz CT molecular complexity index is 1030. The van der Waals surface area contributed by atoms with Crippen molar-refractivity contribution >= 4 is 32.8 Å². The molecule has 0 aliphatic rings. The SMILES string of the molecule is CC.Nc1ncnc2c1c(-c1ccc(Oc3ccccc3)cc1)nn2CCBr. The van der Waals surface area contributed by atoms with E-state index in [9.17, 15) is 0 Å². The molecular formula is C21H22BrN5O. The summed E-state index contributed by atoms with van der Waals surface area (Å²) >= 11 is 3.44. The van der Waals surface area contributed by atoms with Gasteiger partial charge in [0, 0.05) is 10.9 Å². The highest BCUT2D eigenvalue weighted by atomic mass is 79.9. The number of ether oxygens (including phenoxy) is 1. The van der Waals surface area contributed by atoms with Crippen molar-refractivity contribution in [1.82, 2.24) is 19.7 Å². The minimum absolute atomic E-state index is 0.426. The van der Waals surface area contributed by atoms with Crippen LogP contribution >= 0.6 is 15.9 Å². The molecule has 0 saturated carbocycles. The summed E-state index contributed by atoms with van der Waals surface area (Å²) in [6.07, 6.45) is 1.46. The third-order valence-electron chi connectivity index (χ3n) is 3.96. The first kappa shape index (κ1) is 19.8. The van der Waals surface area contributed by atoms with Gasteiger partial charge in [-0.2, -0.15) is 5.10 Å². The lowest BCUT2D eigenvalue weighted by Crippen LogP contribution is -2.02. The molecule has 0 aliphatic heterocycles. The molecule has 28 heavy (non-hydrogen) atoms. The maximum absolute atomic E-state index is 6.10. The Hall–Kier alpha value is -2.93. The quantitative estimate of drug-likeness (QED) is 0.427. The molecule has 0 aliphatic carbocycles. The van der Waals surface area contributed by atoms with Gasteiger partial charge in [0.15, 0.2) is 5.65 Å². The molecule has 4 rings (SSSR count). The fourth-order valence-electron chi connectivity index (χ4n) is 2.77. The van der Waals surface area contributed by atoms with Crippen LogP contribution in [0, 0.1) is 0 Å². The summed E-state index contributed by atoms with van der Waals surface area (Å²) in [5.41, 5.74) is 8.53. The molecule has 0 unspecified atom stereocenters. The number of aromatic nitrogens is 4. The summed E-state index contributed by atoms with van der Waals surface area (Å²) in [5, 5.41) is 6.23. The average molecular weight is 440 g/mol. The van der Waals surface area contributed by atoms with Gasteiger partial charge in [0.05, 0.1) is 11.9 Å². The molecule has 0 amide bonds. The summed E-state index contributed by atoms with van der Waals surface area (Å²) in [6, 6.07) is 17.4. The van der Waals surface area contributed by atoms with E-state index in [-0.39, 0.29) is 0 Å². The number of halogens is 1. The standard InChI is InChI=1S/C19H16BrN5O.C2H6/c20-10-11-25-19-16(18(21)22-12-23-19)17(24-25)13-6-8-15(9-7-13)26-14-4-2-1-3-5-14;1-2/h1-9,12H,10-11H2,(H2,21,22,23);1-2H3. The van der Waals surface area contributed by atoms with E-state index in [1.807, 2.05) is 73.1 Å². The second-order valence-corrected chi connectivity index (χ2v) is 6.45. The number of anilines is 1. The highest BCUT2D eigenvalue weighted by molar-refractivity contribution is 9.09. The minimum atomic E-state index is 0.426. The van der Waals surface area contributed by atoms with Crippen LogP contribution in [0.1, 0.15) is 13.8 Å². The van der Waals surface area contributed by atoms with Crippen LogP contribution in [-0.4, -0.2) is 25.1 Å². The van der Waals surface area contributed by atoms with Gasteiger partial charge in [0.1, 0.15) is 29.3 Å². The van der Waals surface area contributed by atoms with E-state index in [0.29, 0.717) is 12.4 Å². The maximum Gasteiger partial charge on any atom is 0.163 e. The first-order chi connectivity index (χ1) is 13.8. The Morgan fingerprint density at radius 2 is 1.64 bits per heavy atom. The molecule has 0 atom stereocenters. The van der Waals surface area contributed by atoms with Crippen molar-refractivity contribution in [3.8, 4) is 22.8 Å². The number of nitrogens with zero attached hydrogens (tertiary/aromatic N) is 4. The second-order valence-electron chi connectivity index (χ2n) is 5.66. The molecule has 2 aromatic carbocycles. The van der Waals surface area contributed by atoms with Gasteiger partial charge in [0.2, 0.25) is 0 Å². The molecule has 4 aromatic rings. The maximum atomic E-state index is 6.10. The smallest absolute Gasteiger partial charge is 0.163 e. The molecule has 0 saturated heterocycles. The molecule has 7 heteroatoms. The molecule has 2 aromatic heterocycles. The molecule has 0 fully saturated rings. The number of nitrogens with two attached hydrogens (primary N) is 1. The van der Waals surface area contributed by atoms with Gasteiger partial charge >= 0.3 is 0 Å². The van der Waals surface area contributed by atoms with Crippen molar-refractivity contribution in [3.63, 3.8) is 0 Å². The first-order valence-electron chi connectivity index (χ1n) is 9.12. The van der Waals surface area contributed by atoms with Crippen LogP contribution in [0.25, 0.3) is 22.3 Å². The number of benzene rings is 2. The van der Waals surface area contributed by atoms with Gasteiger partial charge in [-0.25, -0.2) is 14.6 Å². The van der Waals surface area contributed by atoms with E-state index in [1.54, 1.807) is 0 Å². The van der Waals surface area contributed by atoms with E-state index in [1.165, 1.54) is 6.33 Å². The van der Waals surface area contributed by atoms with Crippen LogP contribution in [0.5, 0.6) is 11.5 Å². The fraction of sp³-hybridized carbons (Fsp3) is 0.190. The fourth-order valence-corrected chi connectivity index (χ4v) is 3.11. The van der Waals surface area contributed by atoms with E-state index in [2.05, 4.69) is 31.0 Å². The zero-order valence-corrected chi connectivity index (χ0v) is 17.4. The lowest BCUT2D eigenvalue weighted by atomic mass is 10.1. The van der Waals surface area contributed by atoms with E-state index in [4.69, 9.17) is 10.5 Å². The number of rotatable bonds is 5. The van der Waals surface area contributed by atoms with Crippen molar-refractivity contribution < 1.29 is 4.74 Å². The van der Waals surface area contributed by atoms with Gasteiger partial charge in [0.25, 0.3) is 0 Å². The highest BCUT2D eigenvalue weighted by Gasteiger charge is 2.16. The number of hydrogen-bond donors (Lipinski definition) is 1. The molecule has 0 bridgehead atoms. The van der Waals surface area contributed by atoms with E-state index < -0.39 is 0 Å². The second kappa shape index (κ2) is 9.32. The average Bonchev–Trinajstić information content (AvgIpc) is 3.11. The van der Waals surface area contributed by atoms with Gasteiger partial charge < -0.3 is 10.5 Å². The monoisotopic (exact) mass is 439 g/mol. The molecule has 6 nitrogen and oxygen atoms in total. The Morgan fingerprint density at radius 3 is 2.32 bits per heavy atom. The number of fused-ring (bicyclic) bond motifs is 1. The van der Waals surface area contributed by atoms with Crippen molar-refractivity contribution in [2.75, 3.05) is 11.1 Å². The Balaban J connectivity index is 0.00000109. The number of aryl methyl sites for hydroxylation is 1. The number of para-hydroxylation sites is 1. The molecule has 0 radical (unpaired) electrons. The summed E-state index contributed by atoms with van der Waals surface area (Å²) in [5.74, 6) is 1.98. The molecular weight excluding hydrogens is 418 g/mol. The third kappa shape index (κ3) is 4.14. The van der Waals surface area contributed by atoms with Crippen LogP contribution in [0.3, 0.4) is 0 Å². The lowest BCUT2D eigenvalue weighted by molar-refractivity contribution is 0.483. The summed E-state index contributed by atoms with van der Waals surface area (Å²) < 4.78 is 7.68. The van der Waals surface area contributed by atoms with Crippen LogP contribution in [0.15, 0.2) is 60.9 Å². The summed E-state index contributed by atoms with van der Waals surface area (Å²) in [4.78, 5) is 8.46. The van der Waals surface area contributed by atoms with Gasteiger partial charge in [-0.05, 0) is 36.4 Å². The van der Waals surface area contributed by atoms with E-state index >= 15 is 0 Å². The molecule has 2 heterocycles. The van der Waals surface area contributed by atoms with Crippen LogP contribution < -0.4 is 10.5 Å². The lowest BCUT2D eigenvalue weighted by Gasteiger charge is -2.06. The van der Waals surface area contributed by atoms with Gasteiger partial charge in [-0.1, -0.05) is 48.0 Å². The Morgan fingerprint density at radius 1 is 0.964 bits per heavy atom. The number of nitrogen functional groups attached to an aromatic ring is 1. The van der Waals surface area contributed by atoms with Crippen LogP contribution in [0.2, 0.25) is 0 Å². The number of alkyl halides is 1. The van der Waals surface area contributed by atoms with Crippen molar-refractivity contribution in [1.29, 1.82) is 0 Å². The van der Waals surface area contributed by atoms with Crippen molar-refractivity contribution in [2.24, 2.45) is 0 Å². The molecule has 2 N–H and O–H groups in total. The highest BCUT2D eigenvalue weighted by Crippen LogP contribution is 2.31. The van der Waals surface area contributed by atoms with Crippen LogP contribution in [0.4, 0.5) is 5.82 Å². The van der Waals surface area contributed by atoms with Crippen molar-refractivity contribution in [2.45, 2.75) is 20.4 Å². The van der Waals surface area contributed by atoms with Gasteiger partial charge in [-0.15, -0.1) is 0 Å².